The Balaban J connectivity index is 1.53. The first kappa shape index (κ1) is 23.3. The summed E-state index contributed by atoms with van der Waals surface area (Å²) in [5.41, 5.74) is 4.04. The molecule has 0 saturated carbocycles. The van der Waals surface area contributed by atoms with Crippen molar-refractivity contribution < 1.29 is 9.47 Å². The summed E-state index contributed by atoms with van der Waals surface area (Å²) in [6, 6.07) is 3.02. The van der Waals surface area contributed by atoms with E-state index >= 15 is 0 Å². The van der Waals surface area contributed by atoms with Crippen molar-refractivity contribution in [2.24, 2.45) is 0 Å². The molecule has 2 fully saturated rings. The smallest absolute Gasteiger partial charge is 0.0594 e. The Bertz CT molecular complexity index is 376. The first-order chi connectivity index (χ1) is 13.3. The van der Waals surface area contributed by atoms with E-state index in [9.17, 15) is 0 Å². The summed E-state index contributed by atoms with van der Waals surface area (Å²) in [4.78, 5) is 5.44. The van der Waals surface area contributed by atoms with Crippen LogP contribution in [0.25, 0.3) is 0 Å². The van der Waals surface area contributed by atoms with Gasteiger partial charge in [-0.2, -0.15) is 0 Å². The molecule has 0 radical (unpaired) electrons. The van der Waals surface area contributed by atoms with E-state index in [-0.39, 0.29) is 19.0 Å². The van der Waals surface area contributed by atoms with Gasteiger partial charge in [0.15, 0.2) is 0 Å². The third-order valence-corrected chi connectivity index (χ3v) is 10.4. The van der Waals surface area contributed by atoms with E-state index in [2.05, 4.69) is 29.3 Å². The standard InChI is InChI=1S/C21H44N2O2Si2/c1-20(2)19-26-17-7-5-3-4-6-8-18-27-21(22-9-13-24-14-10-22)23-11-15-25-16-12-23/h19,21H,3-18,26-27H2,1-2H3. The Morgan fingerprint density at radius 2 is 1.26 bits per heavy atom. The topological polar surface area (TPSA) is 24.9 Å². The highest BCUT2D eigenvalue weighted by molar-refractivity contribution is 6.42. The third-order valence-electron chi connectivity index (χ3n) is 5.90. The molecule has 0 atom stereocenters. The summed E-state index contributed by atoms with van der Waals surface area (Å²) >= 11 is 0. The van der Waals surface area contributed by atoms with Crippen LogP contribution in [0.1, 0.15) is 52.4 Å². The van der Waals surface area contributed by atoms with Gasteiger partial charge < -0.3 is 9.47 Å². The number of rotatable bonds is 13. The lowest BCUT2D eigenvalue weighted by Gasteiger charge is -2.43. The molecule has 2 rings (SSSR count). The number of ether oxygens (including phenoxy) is 2. The van der Waals surface area contributed by atoms with E-state index in [0.29, 0.717) is 0 Å². The zero-order chi connectivity index (χ0) is 19.2. The summed E-state index contributed by atoms with van der Waals surface area (Å²) in [7, 11) is 0.0202. The first-order valence-corrected chi connectivity index (χ1v) is 15.2. The molecule has 0 amide bonds. The molecule has 0 aromatic heterocycles. The molecule has 27 heavy (non-hydrogen) atoms. The fourth-order valence-corrected chi connectivity index (χ4v) is 8.16. The van der Waals surface area contributed by atoms with Crippen molar-refractivity contribution >= 4 is 19.0 Å². The molecule has 0 spiro atoms. The summed E-state index contributed by atoms with van der Waals surface area (Å²) in [5, 5.41) is 0. The van der Waals surface area contributed by atoms with E-state index < -0.39 is 0 Å². The zero-order valence-electron chi connectivity index (χ0n) is 18.1. The van der Waals surface area contributed by atoms with Crippen molar-refractivity contribution in [1.82, 2.24) is 9.80 Å². The molecule has 158 valence electrons. The molecule has 0 aromatic carbocycles. The van der Waals surface area contributed by atoms with Gasteiger partial charge in [-0.3, -0.25) is 9.80 Å². The number of morpholine rings is 2. The van der Waals surface area contributed by atoms with Gasteiger partial charge in [-0.1, -0.05) is 56.2 Å². The summed E-state index contributed by atoms with van der Waals surface area (Å²) < 4.78 is 11.2. The molecule has 2 aliphatic rings. The SMILES string of the molecule is CC(C)=C[SiH2]CCCCCCCC[SiH2]C(N1CCOCC1)N1CCOCC1. The molecule has 0 N–H and O–H groups in total. The number of hydrogen-bond acceptors (Lipinski definition) is 4. The predicted molar refractivity (Wildman–Crippen MR) is 122 cm³/mol. The van der Waals surface area contributed by atoms with Gasteiger partial charge in [-0.25, -0.2) is 0 Å². The Kier molecular flexibility index (Phi) is 12.9. The van der Waals surface area contributed by atoms with Crippen molar-refractivity contribution in [1.29, 1.82) is 0 Å². The second kappa shape index (κ2) is 14.9. The lowest BCUT2D eigenvalue weighted by molar-refractivity contribution is -0.0392. The maximum Gasteiger partial charge on any atom is 0.0594 e. The second-order valence-electron chi connectivity index (χ2n) is 8.46. The van der Waals surface area contributed by atoms with Crippen LogP contribution in [0.4, 0.5) is 0 Å². The molecule has 0 bridgehead atoms. The number of unbranched alkanes of at least 4 members (excludes halogenated alkanes) is 5. The van der Waals surface area contributed by atoms with E-state index in [1.807, 2.05) is 0 Å². The molecule has 2 heterocycles. The van der Waals surface area contributed by atoms with Crippen LogP contribution in [-0.2, 0) is 9.47 Å². The molecular weight excluding hydrogens is 368 g/mol. The van der Waals surface area contributed by atoms with Crippen LogP contribution in [0.5, 0.6) is 0 Å². The average Bonchev–Trinajstić information content (AvgIpc) is 2.70. The van der Waals surface area contributed by atoms with E-state index in [1.165, 1.54) is 56.2 Å². The van der Waals surface area contributed by atoms with Crippen molar-refractivity contribution in [3.63, 3.8) is 0 Å². The fraction of sp³-hybridized carbons (Fsp3) is 0.905. The minimum atomic E-state index is -0.0832. The summed E-state index contributed by atoms with van der Waals surface area (Å²) in [5.74, 6) is 0.748. The van der Waals surface area contributed by atoms with E-state index in [0.717, 1.165) is 58.4 Å². The minimum Gasteiger partial charge on any atom is -0.379 e. The number of hydrogen-bond donors (Lipinski definition) is 0. The van der Waals surface area contributed by atoms with Gasteiger partial charge >= 0.3 is 0 Å². The van der Waals surface area contributed by atoms with Crippen LogP contribution < -0.4 is 0 Å². The Labute approximate surface area is 172 Å². The zero-order valence-corrected chi connectivity index (χ0v) is 20.9. The van der Waals surface area contributed by atoms with Gasteiger partial charge in [0, 0.05) is 41.5 Å². The Hall–Kier alpha value is 0.0138. The molecule has 0 unspecified atom stereocenters. The first-order valence-electron chi connectivity index (χ1n) is 11.5. The van der Waals surface area contributed by atoms with Crippen molar-refractivity contribution in [2.45, 2.75) is 70.2 Å². The molecular formula is C21H44N2O2Si2. The highest BCUT2D eigenvalue weighted by Crippen LogP contribution is 2.14. The van der Waals surface area contributed by atoms with Gasteiger partial charge in [-0.05, 0) is 13.8 Å². The lowest BCUT2D eigenvalue weighted by Crippen LogP contribution is -2.58. The summed E-state index contributed by atoms with van der Waals surface area (Å²) in [6.45, 7) is 12.7. The summed E-state index contributed by atoms with van der Waals surface area (Å²) in [6.07, 6.45) is 8.77. The maximum atomic E-state index is 5.58. The normalized spacial score (nSPS) is 20.4. The third kappa shape index (κ3) is 10.4. The number of allylic oxidation sites excluding steroid dienone is 1. The van der Waals surface area contributed by atoms with E-state index in [4.69, 9.17) is 9.47 Å². The van der Waals surface area contributed by atoms with Crippen molar-refractivity contribution in [2.75, 3.05) is 52.6 Å². The van der Waals surface area contributed by atoms with Crippen LogP contribution in [-0.4, -0.2) is 87.2 Å². The van der Waals surface area contributed by atoms with Gasteiger partial charge in [0.2, 0.25) is 0 Å². The fourth-order valence-electron chi connectivity index (χ4n) is 4.27. The largest absolute Gasteiger partial charge is 0.379 e. The Morgan fingerprint density at radius 3 is 1.78 bits per heavy atom. The Morgan fingerprint density at radius 1 is 0.778 bits per heavy atom. The molecule has 4 nitrogen and oxygen atoms in total. The molecule has 0 aromatic rings. The predicted octanol–water partition coefficient (Wildman–Crippen LogP) is 2.37. The second-order valence-corrected chi connectivity index (χ2v) is 12.2. The van der Waals surface area contributed by atoms with Crippen LogP contribution in [0, 0.1) is 0 Å². The van der Waals surface area contributed by atoms with Gasteiger partial charge in [-0.15, -0.1) is 5.70 Å². The molecule has 6 heteroatoms. The van der Waals surface area contributed by atoms with Gasteiger partial charge in [0.1, 0.15) is 0 Å². The molecule has 2 saturated heterocycles. The van der Waals surface area contributed by atoms with Crippen LogP contribution in [0.3, 0.4) is 0 Å². The average molecular weight is 413 g/mol. The quantitative estimate of drug-likeness (QED) is 0.342. The highest BCUT2D eigenvalue weighted by atomic mass is 28.2. The van der Waals surface area contributed by atoms with Crippen LogP contribution in [0.15, 0.2) is 11.3 Å². The van der Waals surface area contributed by atoms with Gasteiger partial charge in [0.05, 0.1) is 35.9 Å². The lowest BCUT2D eigenvalue weighted by atomic mass is 10.1. The van der Waals surface area contributed by atoms with Crippen molar-refractivity contribution in [3.05, 3.63) is 11.3 Å². The molecule has 0 aliphatic carbocycles. The highest BCUT2D eigenvalue weighted by Gasteiger charge is 2.27. The number of nitrogens with zero attached hydrogens (tertiary/aromatic N) is 2. The van der Waals surface area contributed by atoms with Crippen LogP contribution in [0.2, 0.25) is 12.1 Å². The monoisotopic (exact) mass is 412 g/mol. The minimum absolute atomic E-state index is 0.0832. The van der Waals surface area contributed by atoms with Crippen molar-refractivity contribution in [3.8, 4) is 0 Å². The molecule has 2 aliphatic heterocycles. The van der Waals surface area contributed by atoms with Gasteiger partial charge in [0.25, 0.3) is 0 Å². The van der Waals surface area contributed by atoms with E-state index in [1.54, 1.807) is 0 Å². The maximum absolute atomic E-state index is 5.58. The van der Waals surface area contributed by atoms with Crippen LogP contribution >= 0.6 is 0 Å².